The van der Waals surface area contributed by atoms with E-state index in [1.54, 1.807) is 12.1 Å². The highest BCUT2D eigenvalue weighted by atomic mass is 35.5. The number of carbonyl (C=O) groups excluding carboxylic acids is 2. The first-order valence-corrected chi connectivity index (χ1v) is 8.45. The summed E-state index contributed by atoms with van der Waals surface area (Å²) in [6, 6.07) is 9.80. The fraction of sp³-hybridized carbons (Fsp3) is 0.118. The lowest BCUT2D eigenvalue weighted by molar-refractivity contribution is -0.384. The number of amides is 2. The van der Waals surface area contributed by atoms with Crippen molar-refractivity contribution >= 4 is 52.1 Å². The summed E-state index contributed by atoms with van der Waals surface area (Å²) in [7, 11) is 0. The molecule has 0 spiro atoms. The molecule has 8 nitrogen and oxygen atoms in total. The Balaban J connectivity index is 1.69. The van der Waals surface area contributed by atoms with Crippen molar-refractivity contribution in [3.63, 3.8) is 0 Å². The molecule has 0 aliphatic carbocycles. The molecule has 0 saturated carbocycles. The number of carbonyl (C=O) groups is 2. The summed E-state index contributed by atoms with van der Waals surface area (Å²) < 4.78 is 0. The minimum Gasteiger partial charge on any atom is -0.381 e. The maximum atomic E-state index is 12.9. The molecule has 4 rings (SSSR count). The summed E-state index contributed by atoms with van der Waals surface area (Å²) in [6.45, 7) is 0. The zero-order chi connectivity index (χ0) is 19.3. The van der Waals surface area contributed by atoms with Gasteiger partial charge < -0.3 is 4.84 Å². The molecule has 0 bridgehead atoms. The molecule has 0 unspecified atom stereocenters. The second kappa shape index (κ2) is 6.33. The molecule has 2 atom stereocenters. The van der Waals surface area contributed by atoms with Crippen molar-refractivity contribution in [3.8, 4) is 0 Å². The Bertz CT molecular complexity index is 1020. The maximum absolute atomic E-state index is 12.9. The van der Waals surface area contributed by atoms with Crippen LogP contribution in [0.15, 0.2) is 47.6 Å². The number of nitro groups is 1. The molecular formula is C17H9Cl2N3O5. The van der Waals surface area contributed by atoms with Gasteiger partial charge in [0, 0.05) is 22.7 Å². The van der Waals surface area contributed by atoms with E-state index in [1.165, 1.54) is 30.3 Å². The Morgan fingerprint density at radius 2 is 1.78 bits per heavy atom. The number of benzene rings is 2. The van der Waals surface area contributed by atoms with Crippen LogP contribution >= 0.6 is 23.2 Å². The van der Waals surface area contributed by atoms with Gasteiger partial charge in [-0.3, -0.25) is 19.7 Å². The van der Waals surface area contributed by atoms with Crippen LogP contribution in [0.25, 0.3) is 0 Å². The molecule has 2 amide bonds. The van der Waals surface area contributed by atoms with Crippen LogP contribution in [-0.2, 0) is 14.4 Å². The van der Waals surface area contributed by atoms with E-state index < -0.39 is 28.8 Å². The van der Waals surface area contributed by atoms with Crippen molar-refractivity contribution in [2.45, 2.75) is 6.10 Å². The summed E-state index contributed by atoms with van der Waals surface area (Å²) in [6.07, 6.45) is -1.10. The van der Waals surface area contributed by atoms with Gasteiger partial charge in [0.15, 0.2) is 0 Å². The third-order valence-corrected chi connectivity index (χ3v) is 4.89. The predicted molar refractivity (Wildman–Crippen MR) is 97.0 cm³/mol. The SMILES string of the molecule is O=C1[C@@H]2C(c3ccc(Cl)cc3Cl)=NO[C@H]2C(=O)N1c1ccc([N+](=O)[O-])cc1. The number of fused-ring (bicyclic) bond motifs is 1. The van der Waals surface area contributed by atoms with Gasteiger partial charge in [0.2, 0.25) is 12.0 Å². The summed E-state index contributed by atoms with van der Waals surface area (Å²) in [4.78, 5) is 41.9. The normalized spacial score (nSPS) is 21.1. The standard InChI is InChI=1S/C17H9Cl2N3O5/c18-8-1-6-11(12(19)7-8)14-13-15(27-20-14)17(24)21(16(13)23)9-2-4-10(5-3-9)22(25)26/h1-7,13,15H/t13-,15-/m1/s1. The second-order valence-corrected chi connectivity index (χ2v) is 6.73. The Kier molecular flexibility index (Phi) is 4.09. The summed E-state index contributed by atoms with van der Waals surface area (Å²) in [5.74, 6) is -2.09. The van der Waals surface area contributed by atoms with Gasteiger partial charge in [0.05, 0.1) is 15.6 Å². The van der Waals surface area contributed by atoms with Crippen LogP contribution in [0.5, 0.6) is 0 Å². The molecular weight excluding hydrogens is 397 g/mol. The average molecular weight is 406 g/mol. The topological polar surface area (TPSA) is 102 Å². The van der Waals surface area contributed by atoms with E-state index in [1.807, 2.05) is 0 Å². The van der Waals surface area contributed by atoms with Crippen molar-refractivity contribution in [1.82, 2.24) is 0 Å². The molecule has 1 fully saturated rings. The predicted octanol–water partition coefficient (Wildman–Crippen LogP) is 3.19. The first-order valence-electron chi connectivity index (χ1n) is 7.70. The third kappa shape index (κ3) is 2.73. The number of halogens is 2. The number of oxime groups is 1. The Labute approximate surface area is 162 Å². The maximum Gasteiger partial charge on any atom is 0.278 e. The number of nitrogens with zero attached hydrogens (tertiary/aromatic N) is 3. The zero-order valence-corrected chi connectivity index (χ0v) is 14.8. The quantitative estimate of drug-likeness (QED) is 0.443. The minimum atomic E-state index is -1.10. The van der Waals surface area contributed by atoms with E-state index in [2.05, 4.69) is 5.16 Å². The first kappa shape index (κ1) is 17.4. The van der Waals surface area contributed by atoms with Crippen LogP contribution in [-0.4, -0.2) is 28.6 Å². The van der Waals surface area contributed by atoms with Gasteiger partial charge in [-0.25, -0.2) is 4.90 Å². The van der Waals surface area contributed by atoms with E-state index in [-0.39, 0.29) is 22.1 Å². The lowest BCUT2D eigenvalue weighted by Gasteiger charge is -2.15. The lowest BCUT2D eigenvalue weighted by Crippen LogP contribution is -2.33. The van der Waals surface area contributed by atoms with Crippen LogP contribution in [0.4, 0.5) is 11.4 Å². The number of hydrogen-bond acceptors (Lipinski definition) is 6. The number of non-ortho nitro benzene ring substituents is 1. The first-order chi connectivity index (χ1) is 12.9. The summed E-state index contributed by atoms with van der Waals surface area (Å²) in [5, 5.41) is 15.4. The lowest BCUT2D eigenvalue weighted by atomic mass is 9.94. The van der Waals surface area contributed by atoms with Crippen LogP contribution in [0.1, 0.15) is 5.56 Å². The van der Waals surface area contributed by atoms with Crippen LogP contribution < -0.4 is 4.90 Å². The fourth-order valence-electron chi connectivity index (χ4n) is 3.08. The number of nitro benzene ring substituents is 1. The number of imide groups is 1. The molecule has 2 aromatic rings. The second-order valence-electron chi connectivity index (χ2n) is 5.89. The smallest absolute Gasteiger partial charge is 0.278 e. The van der Waals surface area contributed by atoms with Gasteiger partial charge in [-0.2, -0.15) is 0 Å². The minimum absolute atomic E-state index is 0.149. The molecule has 2 aliphatic rings. The highest BCUT2D eigenvalue weighted by Gasteiger charge is 2.56. The van der Waals surface area contributed by atoms with Crippen LogP contribution in [0.3, 0.4) is 0 Å². The van der Waals surface area contributed by atoms with E-state index in [4.69, 9.17) is 28.0 Å². The van der Waals surface area contributed by atoms with Crippen LogP contribution in [0, 0.1) is 16.0 Å². The van der Waals surface area contributed by atoms with E-state index >= 15 is 0 Å². The molecule has 0 aromatic heterocycles. The molecule has 2 aliphatic heterocycles. The fourth-order valence-corrected chi connectivity index (χ4v) is 3.58. The molecule has 136 valence electrons. The number of anilines is 1. The van der Waals surface area contributed by atoms with Crippen molar-refractivity contribution in [1.29, 1.82) is 0 Å². The molecule has 10 heteroatoms. The highest BCUT2D eigenvalue weighted by molar-refractivity contribution is 6.39. The number of hydrogen-bond donors (Lipinski definition) is 0. The monoisotopic (exact) mass is 405 g/mol. The Morgan fingerprint density at radius 1 is 1.07 bits per heavy atom. The molecule has 27 heavy (non-hydrogen) atoms. The molecule has 0 radical (unpaired) electrons. The van der Waals surface area contributed by atoms with E-state index in [0.717, 1.165) is 4.90 Å². The summed E-state index contributed by atoms with van der Waals surface area (Å²) >= 11 is 12.1. The van der Waals surface area contributed by atoms with Crippen molar-refractivity contribution < 1.29 is 19.3 Å². The van der Waals surface area contributed by atoms with Crippen molar-refractivity contribution in [2.75, 3.05) is 4.90 Å². The van der Waals surface area contributed by atoms with Crippen LogP contribution in [0.2, 0.25) is 10.0 Å². The Hall–Kier alpha value is -2.97. The van der Waals surface area contributed by atoms with Gasteiger partial charge >= 0.3 is 0 Å². The van der Waals surface area contributed by atoms with Gasteiger partial charge in [-0.15, -0.1) is 0 Å². The highest BCUT2D eigenvalue weighted by Crippen LogP contribution is 2.37. The largest absolute Gasteiger partial charge is 0.381 e. The molecule has 2 aromatic carbocycles. The third-order valence-electron chi connectivity index (χ3n) is 4.34. The average Bonchev–Trinajstić information content (AvgIpc) is 3.16. The zero-order valence-electron chi connectivity index (χ0n) is 13.3. The number of rotatable bonds is 3. The molecule has 1 saturated heterocycles. The van der Waals surface area contributed by atoms with Gasteiger partial charge in [-0.05, 0) is 24.3 Å². The van der Waals surface area contributed by atoms with Gasteiger partial charge in [0.1, 0.15) is 11.6 Å². The molecule has 0 N–H and O–H groups in total. The van der Waals surface area contributed by atoms with Crippen molar-refractivity contribution in [3.05, 3.63) is 68.2 Å². The van der Waals surface area contributed by atoms with Crippen molar-refractivity contribution in [2.24, 2.45) is 11.1 Å². The summed E-state index contributed by atoms with van der Waals surface area (Å²) in [5.41, 5.74) is 0.754. The molecule has 2 heterocycles. The van der Waals surface area contributed by atoms with E-state index in [9.17, 15) is 19.7 Å². The van der Waals surface area contributed by atoms with E-state index in [0.29, 0.717) is 10.6 Å². The Morgan fingerprint density at radius 3 is 2.41 bits per heavy atom. The van der Waals surface area contributed by atoms with Gasteiger partial charge in [-0.1, -0.05) is 34.4 Å². The van der Waals surface area contributed by atoms with Gasteiger partial charge in [0.25, 0.3) is 11.6 Å².